The monoisotopic (exact) mass is 308 g/mol. The Morgan fingerprint density at radius 1 is 1.47 bits per heavy atom. The van der Waals surface area contributed by atoms with Crippen molar-refractivity contribution >= 4 is 30.7 Å². The summed E-state index contributed by atoms with van der Waals surface area (Å²) in [5.41, 5.74) is 5.73. The Labute approximate surface area is 126 Å². The molecule has 1 aliphatic rings. The predicted molar refractivity (Wildman–Crippen MR) is 79.8 cm³/mol. The smallest absolute Gasteiger partial charge is 0.247 e. The molecule has 0 spiro atoms. The second kappa shape index (κ2) is 8.40. The van der Waals surface area contributed by atoms with Crippen molar-refractivity contribution in [3.8, 4) is 0 Å². The van der Waals surface area contributed by atoms with Crippen LogP contribution in [0.5, 0.6) is 0 Å². The van der Waals surface area contributed by atoms with Gasteiger partial charge in [0.05, 0.1) is 0 Å². The van der Waals surface area contributed by atoms with Crippen LogP contribution in [-0.2, 0) is 4.79 Å². The fourth-order valence-electron chi connectivity index (χ4n) is 2.40. The van der Waals surface area contributed by atoms with E-state index in [1.54, 1.807) is 10.9 Å². The van der Waals surface area contributed by atoms with Crippen molar-refractivity contribution in [3.63, 3.8) is 0 Å². The highest BCUT2D eigenvalue weighted by atomic mass is 35.5. The molecule has 7 heteroatoms. The Morgan fingerprint density at radius 2 is 2.21 bits per heavy atom. The maximum Gasteiger partial charge on any atom is 0.247 e. The zero-order chi connectivity index (χ0) is 12.3. The first kappa shape index (κ1) is 18.2. The number of piperidine rings is 1. The van der Waals surface area contributed by atoms with Crippen LogP contribution in [-0.4, -0.2) is 39.7 Å². The topological polar surface area (TPSA) is 64.2 Å². The van der Waals surface area contributed by atoms with E-state index in [0.29, 0.717) is 6.54 Å². The van der Waals surface area contributed by atoms with Crippen molar-refractivity contribution in [1.82, 2.24) is 14.7 Å². The number of likely N-dealkylation sites (tertiary alicyclic amines) is 1. The van der Waals surface area contributed by atoms with Crippen LogP contribution in [0.4, 0.5) is 0 Å². The Morgan fingerprint density at radius 3 is 2.79 bits per heavy atom. The molecular weight excluding hydrogens is 287 g/mol. The summed E-state index contributed by atoms with van der Waals surface area (Å²) in [5.74, 6) is 0.129. The highest BCUT2D eigenvalue weighted by molar-refractivity contribution is 5.85. The van der Waals surface area contributed by atoms with Gasteiger partial charge in [-0.15, -0.1) is 24.8 Å². The molecule has 2 heterocycles. The van der Waals surface area contributed by atoms with Gasteiger partial charge in [-0.1, -0.05) is 0 Å². The standard InChI is InChI=1S/C12H20N4O.2ClH/c1-10(16-8-4-6-14-16)12(17)15-7-3-2-5-11(15)9-13;;/h4,6,8,10-11H,2-3,5,7,9,13H2,1H3;2*1H. The fourth-order valence-corrected chi connectivity index (χ4v) is 2.40. The van der Waals surface area contributed by atoms with Gasteiger partial charge in [0.2, 0.25) is 5.91 Å². The van der Waals surface area contributed by atoms with Crippen molar-refractivity contribution in [3.05, 3.63) is 18.5 Å². The SMILES string of the molecule is CC(C(=O)N1CCCCC1CN)n1cccn1.Cl.Cl. The summed E-state index contributed by atoms with van der Waals surface area (Å²) in [4.78, 5) is 14.3. The number of hydrogen-bond acceptors (Lipinski definition) is 3. The zero-order valence-corrected chi connectivity index (χ0v) is 12.7. The molecule has 0 radical (unpaired) electrons. The number of nitrogens with zero attached hydrogens (tertiary/aromatic N) is 3. The average Bonchev–Trinajstić information content (AvgIpc) is 2.90. The van der Waals surface area contributed by atoms with E-state index in [2.05, 4.69) is 5.10 Å². The minimum absolute atomic E-state index is 0. The van der Waals surface area contributed by atoms with E-state index in [0.717, 1.165) is 19.4 Å². The van der Waals surface area contributed by atoms with Gasteiger partial charge in [-0.2, -0.15) is 5.10 Å². The first-order chi connectivity index (χ1) is 8.24. The lowest BCUT2D eigenvalue weighted by Gasteiger charge is -2.36. The minimum Gasteiger partial charge on any atom is -0.337 e. The molecule has 1 aliphatic heterocycles. The molecule has 0 bridgehead atoms. The van der Waals surface area contributed by atoms with Crippen LogP contribution in [0.2, 0.25) is 0 Å². The molecule has 5 nitrogen and oxygen atoms in total. The summed E-state index contributed by atoms with van der Waals surface area (Å²) in [6.07, 6.45) is 6.79. The van der Waals surface area contributed by atoms with Gasteiger partial charge in [0.1, 0.15) is 6.04 Å². The number of nitrogens with two attached hydrogens (primary N) is 1. The van der Waals surface area contributed by atoms with Crippen LogP contribution in [0, 0.1) is 0 Å². The van der Waals surface area contributed by atoms with Crippen molar-refractivity contribution < 1.29 is 4.79 Å². The Balaban J connectivity index is 0.00000162. The molecule has 1 saturated heterocycles. The molecule has 0 aliphatic carbocycles. The number of hydrogen-bond donors (Lipinski definition) is 1. The summed E-state index contributed by atoms with van der Waals surface area (Å²) >= 11 is 0. The number of aromatic nitrogens is 2. The third-order valence-electron chi connectivity index (χ3n) is 3.46. The normalized spacial score (nSPS) is 20.1. The summed E-state index contributed by atoms with van der Waals surface area (Å²) < 4.78 is 1.70. The Kier molecular flexibility index (Phi) is 8.06. The largest absolute Gasteiger partial charge is 0.337 e. The summed E-state index contributed by atoms with van der Waals surface area (Å²) in [5, 5.41) is 4.12. The third-order valence-corrected chi connectivity index (χ3v) is 3.46. The minimum atomic E-state index is -0.239. The maximum absolute atomic E-state index is 12.4. The summed E-state index contributed by atoms with van der Waals surface area (Å²) in [6.45, 7) is 3.27. The zero-order valence-electron chi connectivity index (χ0n) is 11.1. The van der Waals surface area contributed by atoms with E-state index in [1.165, 1.54) is 6.42 Å². The Hall–Kier alpha value is -0.780. The highest BCUT2D eigenvalue weighted by Gasteiger charge is 2.29. The van der Waals surface area contributed by atoms with Crippen LogP contribution in [0.1, 0.15) is 32.2 Å². The lowest BCUT2D eigenvalue weighted by atomic mass is 10.0. The number of carbonyl (C=O) groups is 1. The molecule has 19 heavy (non-hydrogen) atoms. The molecule has 1 fully saturated rings. The lowest BCUT2D eigenvalue weighted by molar-refractivity contribution is -0.138. The second-order valence-electron chi connectivity index (χ2n) is 4.58. The van der Waals surface area contributed by atoms with E-state index < -0.39 is 0 Å². The van der Waals surface area contributed by atoms with Crippen LogP contribution in [0.3, 0.4) is 0 Å². The van der Waals surface area contributed by atoms with Gasteiger partial charge in [-0.25, -0.2) is 0 Å². The number of carbonyl (C=O) groups excluding carboxylic acids is 1. The van der Waals surface area contributed by atoms with Gasteiger partial charge in [-0.3, -0.25) is 9.48 Å². The van der Waals surface area contributed by atoms with E-state index >= 15 is 0 Å². The summed E-state index contributed by atoms with van der Waals surface area (Å²) in [7, 11) is 0. The van der Waals surface area contributed by atoms with Crippen LogP contribution in [0.25, 0.3) is 0 Å². The van der Waals surface area contributed by atoms with Crippen molar-refractivity contribution in [2.75, 3.05) is 13.1 Å². The van der Waals surface area contributed by atoms with Gasteiger partial charge in [0, 0.05) is 31.5 Å². The second-order valence-corrected chi connectivity index (χ2v) is 4.58. The molecule has 2 N–H and O–H groups in total. The van der Waals surface area contributed by atoms with Crippen molar-refractivity contribution in [2.24, 2.45) is 5.73 Å². The number of rotatable bonds is 3. The molecule has 2 rings (SSSR count). The third kappa shape index (κ3) is 4.09. The van der Waals surface area contributed by atoms with Crippen molar-refractivity contribution in [1.29, 1.82) is 0 Å². The first-order valence-corrected chi connectivity index (χ1v) is 6.23. The number of halogens is 2. The van der Waals surface area contributed by atoms with Gasteiger partial charge in [0.25, 0.3) is 0 Å². The van der Waals surface area contributed by atoms with E-state index in [1.807, 2.05) is 24.1 Å². The Bertz CT molecular complexity index is 372. The molecule has 2 atom stereocenters. The fraction of sp³-hybridized carbons (Fsp3) is 0.667. The van der Waals surface area contributed by atoms with E-state index in [9.17, 15) is 4.79 Å². The quantitative estimate of drug-likeness (QED) is 0.923. The molecule has 0 saturated carbocycles. The first-order valence-electron chi connectivity index (χ1n) is 6.23. The molecule has 1 aromatic rings. The molecule has 0 aromatic carbocycles. The molecule has 2 unspecified atom stereocenters. The lowest BCUT2D eigenvalue weighted by Crippen LogP contribution is -2.49. The van der Waals surface area contributed by atoms with Crippen LogP contribution >= 0.6 is 24.8 Å². The van der Waals surface area contributed by atoms with Gasteiger partial charge < -0.3 is 10.6 Å². The highest BCUT2D eigenvalue weighted by Crippen LogP contribution is 2.20. The van der Waals surface area contributed by atoms with E-state index in [-0.39, 0.29) is 42.8 Å². The van der Waals surface area contributed by atoms with Crippen molar-refractivity contribution in [2.45, 2.75) is 38.3 Å². The van der Waals surface area contributed by atoms with Crippen LogP contribution in [0.15, 0.2) is 18.5 Å². The van der Waals surface area contributed by atoms with Gasteiger partial charge in [0.15, 0.2) is 0 Å². The summed E-state index contributed by atoms with van der Waals surface area (Å²) in [6, 6.07) is 1.80. The molecule has 110 valence electrons. The molecular formula is C12H22Cl2N4O. The predicted octanol–water partition coefficient (Wildman–Crippen LogP) is 1.63. The number of amides is 1. The van der Waals surface area contributed by atoms with Gasteiger partial charge >= 0.3 is 0 Å². The molecule has 1 amide bonds. The van der Waals surface area contributed by atoms with E-state index in [4.69, 9.17) is 5.73 Å². The average molecular weight is 309 g/mol. The van der Waals surface area contributed by atoms with Crippen LogP contribution < -0.4 is 5.73 Å². The van der Waals surface area contributed by atoms with Gasteiger partial charge in [-0.05, 0) is 32.3 Å². The molecule has 1 aromatic heterocycles. The maximum atomic E-state index is 12.4.